The van der Waals surface area contributed by atoms with Crippen molar-refractivity contribution in [3.05, 3.63) is 12.2 Å². The van der Waals surface area contributed by atoms with Gasteiger partial charge in [0.05, 0.1) is 0 Å². The van der Waals surface area contributed by atoms with E-state index in [4.69, 9.17) is 5.21 Å². The van der Waals surface area contributed by atoms with Crippen LogP contribution >= 0.6 is 0 Å². The van der Waals surface area contributed by atoms with Gasteiger partial charge in [-0.1, -0.05) is 13.0 Å². The number of carbonyl (C=O) groups is 1. The third-order valence-electron chi connectivity index (χ3n) is 0.615. The van der Waals surface area contributed by atoms with E-state index in [2.05, 4.69) is 0 Å². The van der Waals surface area contributed by atoms with Crippen molar-refractivity contribution in [1.29, 1.82) is 0 Å². The Morgan fingerprint density at radius 1 is 1.88 bits per heavy atom. The van der Waals surface area contributed by atoms with E-state index in [-0.39, 0.29) is 0 Å². The fourth-order valence-electron chi connectivity index (χ4n) is 0.262. The molecule has 0 rings (SSSR count). The second-order valence-corrected chi connectivity index (χ2v) is 1.29. The zero-order chi connectivity index (χ0) is 6.41. The monoisotopic (exact) mass is 115 g/mol. The first-order chi connectivity index (χ1) is 3.81. The van der Waals surface area contributed by atoms with E-state index >= 15 is 0 Å². The zero-order valence-corrected chi connectivity index (χ0v) is 4.72. The molecule has 0 aromatic heterocycles. The van der Waals surface area contributed by atoms with E-state index in [1.807, 2.05) is 6.92 Å². The van der Waals surface area contributed by atoms with Gasteiger partial charge in [-0.05, 0) is 6.42 Å². The molecule has 0 aromatic rings. The van der Waals surface area contributed by atoms with Crippen molar-refractivity contribution in [2.45, 2.75) is 13.3 Å². The third-order valence-corrected chi connectivity index (χ3v) is 0.615. The summed E-state index contributed by atoms with van der Waals surface area (Å²) in [7, 11) is 0. The molecule has 0 aromatic carbocycles. The van der Waals surface area contributed by atoms with Crippen LogP contribution in [0.3, 0.4) is 0 Å². The second kappa shape index (κ2) is 4.33. The summed E-state index contributed by atoms with van der Waals surface area (Å²) in [5.74, 6) is -0.480. The molecule has 0 fully saturated rings. The predicted molar refractivity (Wildman–Crippen MR) is 29.4 cm³/mol. The molecule has 0 bridgehead atoms. The van der Waals surface area contributed by atoms with E-state index in [9.17, 15) is 4.79 Å². The quantitative estimate of drug-likeness (QED) is 0.312. The van der Waals surface area contributed by atoms with Gasteiger partial charge in [-0.15, -0.1) is 0 Å². The lowest BCUT2D eigenvalue weighted by Gasteiger charge is -1.84. The molecule has 0 saturated carbocycles. The molecule has 0 radical (unpaired) electrons. The van der Waals surface area contributed by atoms with E-state index in [1.165, 1.54) is 11.6 Å². The van der Waals surface area contributed by atoms with E-state index in [0.29, 0.717) is 0 Å². The summed E-state index contributed by atoms with van der Waals surface area (Å²) in [4.78, 5) is 10.1. The fraction of sp³-hybridized carbons (Fsp3) is 0.400. The van der Waals surface area contributed by atoms with Gasteiger partial charge in [-0.3, -0.25) is 10.0 Å². The van der Waals surface area contributed by atoms with Crippen LogP contribution in [0.4, 0.5) is 0 Å². The summed E-state index contributed by atoms with van der Waals surface area (Å²) in [5.41, 5.74) is 1.47. The largest absolute Gasteiger partial charge is 0.288 e. The minimum atomic E-state index is -0.480. The number of hydrogen-bond donors (Lipinski definition) is 2. The molecule has 3 heteroatoms. The Kier molecular flexibility index (Phi) is 3.88. The highest BCUT2D eigenvalue weighted by Crippen LogP contribution is 1.77. The fourth-order valence-corrected chi connectivity index (χ4v) is 0.262. The number of hydroxylamine groups is 1. The lowest BCUT2D eigenvalue weighted by Crippen LogP contribution is -2.14. The van der Waals surface area contributed by atoms with Gasteiger partial charge in [0.25, 0.3) is 5.91 Å². The van der Waals surface area contributed by atoms with Gasteiger partial charge in [0, 0.05) is 6.08 Å². The Morgan fingerprint density at radius 3 is 2.88 bits per heavy atom. The van der Waals surface area contributed by atoms with Gasteiger partial charge < -0.3 is 0 Å². The highest BCUT2D eigenvalue weighted by molar-refractivity contribution is 5.86. The maximum absolute atomic E-state index is 10.1. The first-order valence-electron chi connectivity index (χ1n) is 2.42. The summed E-state index contributed by atoms with van der Waals surface area (Å²) < 4.78 is 0. The van der Waals surface area contributed by atoms with Gasteiger partial charge in [0.2, 0.25) is 0 Å². The van der Waals surface area contributed by atoms with Crippen molar-refractivity contribution in [3.63, 3.8) is 0 Å². The lowest BCUT2D eigenvalue weighted by atomic mass is 10.4. The molecule has 0 atom stereocenters. The summed E-state index contributed by atoms with van der Waals surface area (Å²) in [5, 5.41) is 7.91. The van der Waals surface area contributed by atoms with Crippen LogP contribution in [-0.4, -0.2) is 11.1 Å². The van der Waals surface area contributed by atoms with E-state index in [1.54, 1.807) is 6.08 Å². The predicted octanol–water partition coefficient (Wildman–Crippen LogP) is 0.458. The van der Waals surface area contributed by atoms with Crippen LogP contribution in [0.25, 0.3) is 0 Å². The maximum Gasteiger partial charge on any atom is 0.267 e. The summed E-state index contributed by atoms with van der Waals surface area (Å²) in [6.07, 6.45) is 3.74. The third kappa shape index (κ3) is 3.36. The minimum absolute atomic E-state index is 0.480. The van der Waals surface area contributed by atoms with Crippen LogP contribution in [0.15, 0.2) is 12.2 Å². The molecule has 46 valence electrons. The Morgan fingerprint density at radius 2 is 2.50 bits per heavy atom. The summed E-state index contributed by atoms with van der Waals surface area (Å²) >= 11 is 0. The van der Waals surface area contributed by atoms with Crippen LogP contribution in [0.1, 0.15) is 13.3 Å². The molecule has 0 unspecified atom stereocenters. The minimum Gasteiger partial charge on any atom is -0.288 e. The second-order valence-electron chi connectivity index (χ2n) is 1.29. The first kappa shape index (κ1) is 7.17. The van der Waals surface area contributed by atoms with E-state index < -0.39 is 5.91 Å². The molecule has 2 N–H and O–H groups in total. The zero-order valence-electron chi connectivity index (χ0n) is 4.72. The van der Waals surface area contributed by atoms with Crippen LogP contribution in [0.5, 0.6) is 0 Å². The van der Waals surface area contributed by atoms with Crippen molar-refractivity contribution >= 4 is 5.91 Å². The lowest BCUT2D eigenvalue weighted by molar-refractivity contribution is -0.124. The molecule has 0 aliphatic rings. The Labute approximate surface area is 48.0 Å². The average Bonchev–Trinajstić information content (AvgIpc) is 1.83. The van der Waals surface area contributed by atoms with Gasteiger partial charge in [0.1, 0.15) is 0 Å². The van der Waals surface area contributed by atoms with E-state index in [0.717, 1.165) is 6.42 Å². The molecule has 0 aliphatic heterocycles. The number of hydrogen-bond acceptors (Lipinski definition) is 2. The maximum atomic E-state index is 10.1. The van der Waals surface area contributed by atoms with Crippen LogP contribution in [0, 0.1) is 0 Å². The summed E-state index contributed by atoms with van der Waals surface area (Å²) in [6, 6.07) is 0. The number of carbonyl (C=O) groups excluding carboxylic acids is 1. The van der Waals surface area contributed by atoms with Crippen molar-refractivity contribution in [2.75, 3.05) is 0 Å². The molecule has 0 heterocycles. The van der Waals surface area contributed by atoms with Gasteiger partial charge in [0.15, 0.2) is 0 Å². The highest BCUT2D eigenvalue weighted by Gasteiger charge is 1.84. The molecular weight excluding hydrogens is 106 g/mol. The molecular formula is C5H9NO2. The smallest absolute Gasteiger partial charge is 0.267 e. The molecule has 1 amide bonds. The normalized spacial score (nSPS) is 9.75. The van der Waals surface area contributed by atoms with Crippen LogP contribution < -0.4 is 5.48 Å². The SMILES string of the molecule is CCC=CC(=O)NO. The number of amides is 1. The average molecular weight is 115 g/mol. The highest BCUT2D eigenvalue weighted by atomic mass is 16.5. The topological polar surface area (TPSA) is 49.3 Å². The molecule has 3 nitrogen and oxygen atoms in total. The Hall–Kier alpha value is -0.830. The van der Waals surface area contributed by atoms with Crippen LogP contribution in [0.2, 0.25) is 0 Å². The van der Waals surface area contributed by atoms with Crippen molar-refractivity contribution in [2.24, 2.45) is 0 Å². The molecule has 0 aliphatic carbocycles. The Bertz CT molecular complexity index is 98.6. The van der Waals surface area contributed by atoms with Crippen molar-refractivity contribution in [3.8, 4) is 0 Å². The molecule has 0 spiro atoms. The number of rotatable bonds is 2. The van der Waals surface area contributed by atoms with Gasteiger partial charge >= 0.3 is 0 Å². The van der Waals surface area contributed by atoms with Gasteiger partial charge in [-0.2, -0.15) is 0 Å². The number of allylic oxidation sites excluding steroid dienone is 1. The summed E-state index contributed by atoms with van der Waals surface area (Å²) in [6.45, 7) is 1.90. The molecule has 8 heavy (non-hydrogen) atoms. The first-order valence-corrected chi connectivity index (χ1v) is 2.42. The number of nitrogens with one attached hydrogen (secondary N) is 1. The van der Waals surface area contributed by atoms with Crippen molar-refractivity contribution in [1.82, 2.24) is 5.48 Å². The molecule has 0 saturated heterocycles. The van der Waals surface area contributed by atoms with Gasteiger partial charge in [-0.25, -0.2) is 5.48 Å². The standard InChI is InChI=1S/C5H9NO2/c1-2-3-4-5(7)6-8/h3-4,8H,2H2,1H3,(H,6,7). The van der Waals surface area contributed by atoms with Crippen molar-refractivity contribution < 1.29 is 10.0 Å². The Balaban J connectivity index is 3.37. The van der Waals surface area contributed by atoms with Crippen LogP contribution in [-0.2, 0) is 4.79 Å².